The van der Waals surface area contributed by atoms with Crippen LogP contribution in [0.3, 0.4) is 0 Å². The lowest BCUT2D eigenvalue weighted by Gasteiger charge is -2.28. The van der Waals surface area contributed by atoms with Crippen LogP contribution in [0.15, 0.2) is 12.4 Å². The number of halogens is 1. The van der Waals surface area contributed by atoms with Gasteiger partial charge in [-0.25, -0.2) is 9.97 Å². The van der Waals surface area contributed by atoms with Gasteiger partial charge in [0.15, 0.2) is 11.5 Å². The normalized spacial score (nSPS) is 20.8. The Hall–Kier alpha value is -2.60. The molecule has 2 aromatic heterocycles. The van der Waals surface area contributed by atoms with Crippen LogP contribution < -0.4 is 14.8 Å². The van der Waals surface area contributed by atoms with Crippen molar-refractivity contribution in [3.8, 4) is 23.3 Å². The van der Waals surface area contributed by atoms with Gasteiger partial charge >= 0.3 is 0 Å². The Balaban J connectivity index is 1.59. The largest absolute Gasteiger partial charge is 0.485 e. The second-order valence-corrected chi connectivity index (χ2v) is 6.84. The molecule has 0 aliphatic carbocycles. The molecule has 0 radical (unpaired) electrons. The third-order valence-corrected chi connectivity index (χ3v) is 4.72. The maximum absolute atomic E-state index is 10.0. The van der Waals surface area contributed by atoms with Crippen LogP contribution in [0.25, 0.3) is 0 Å². The zero-order valence-electron chi connectivity index (χ0n) is 15.2. The standard InChI is InChI=1S/C19H19ClN4O4/c1-11-17-18(28-7-6-27-17)12(8-21-11)2-3-14-13(20)9-22-19(23-14)24-15-4-5-26-10-16(15)25/h8-9,15-16,25H,4-7,10H2,1H3,(H,22,23,24)/t15-,16-/m1/s1. The van der Waals surface area contributed by atoms with Gasteiger partial charge in [0.1, 0.15) is 18.9 Å². The van der Waals surface area contributed by atoms with Gasteiger partial charge in [-0.3, -0.25) is 4.98 Å². The number of nitrogens with zero attached hydrogens (tertiary/aromatic N) is 3. The molecule has 9 heteroatoms. The summed E-state index contributed by atoms with van der Waals surface area (Å²) >= 11 is 6.21. The summed E-state index contributed by atoms with van der Waals surface area (Å²) in [5.41, 5.74) is 1.72. The molecule has 28 heavy (non-hydrogen) atoms. The first-order valence-electron chi connectivity index (χ1n) is 8.94. The van der Waals surface area contributed by atoms with Crippen molar-refractivity contribution in [2.45, 2.75) is 25.5 Å². The second-order valence-electron chi connectivity index (χ2n) is 6.43. The van der Waals surface area contributed by atoms with Gasteiger partial charge in [0.25, 0.3) is 0 Å². The number of anilines is 1. The fraction of sp³-hybridized carbons (Fsp3) is 0.421. The Kier molecular flexibility index (Phi) is 5.48. The molecule has 4 heterocycles. The molecule has 0 spiro atoms. The van der Waals surface area contributed by atoms with Crippen molar-refractivity contribution >= 4 is 17.5 Å². The SMILES string of the molecule is Cc1ncc(C#Cc2nc(N[C@@H]3CCOC[C@H]3O)ncc2Cl)c2c1OCCO2. The Morgan fingerprint density at radius 1 is 1.14 bits per heavy atom. The molecule has 146 valence electrons. The molecule has 0 aromatic carbocycles. The lowest BCUT2D eigenvalue weighted by Crippen LogP contribution is -2.42. The van der Waals surface area contributed by atoms with E-state index in [1.165, 1.54) is 6.20 Å². The summed E-state index contributed by atoms with van der Waals surface area (Å²) < 4.78 is 16.6. The summed E-state index contributed by atoms with van der Waals surface area (Å²) in [7, 11) is 0. The molecule has 4 rings (SSSR count). The fourth-order valence-corrected chi connectivity index (χ4v) is 3.10. The minimum atomic E-state index is -0.620. The fourth-order valence-electron chi connectivity index (χ4n) is 2.96. The summed E-state index contributed by atoms with van der Waals surface area (Å²) in [6, 6.07) is -0.186. The summed E-state index contributed by atoms with van der Waals surface area (Å²) in [4.78, 5) is 12.9. The highest BCUT2D eigenvalue weighted by Crippen LogP contribution is 2.35. The van der Waals surface area contributed by atoms with Gasteiger partial charge in [0, 0.05) is 12.8 Å². The van der Waals surface area contributed by atoms with Crippen molar-refractivity contribution in [1.82, 2.24) is 15.0 Å². The van der Waals surface area contributed by atoms with E-state index >= 15 is 0 Å². The lowest BCUT2D eigenvalue weighted by atomic mass is 10.1. The molecule has 0 amide bonds. The van der Waals surface area contributed by atoms with Crippen molar-refractivity contribution in [2.75, 3.05) is 31.7 Å². The van der Waals surface area contributed by atoms with Gasteiger partial charge in [-0.1, -0.05) is 17.5 Å². The Morgan fingerprint density at radius 3 is 2.79 bits per heavy atom. The quantitative estimate of drug-likeness (QED) is 0.730. The van der Waals surface area contributed by atoms with Crippen LogP contribution in [-0.2, 0) is 4.74 Å². The number of pyridine rings is 1. The first kappa shape index (κ1) is 18.7. The number of ether oxygens (including phenoxy) is 3. The van der Waals surface area contributed by atoms with Crippen LogP contribution >= 0.6 is 11.6 Å². The molecule has 2 N–H and O–H groups in total. The van der Waals surface area contributed by atoms with Crippen LogP contribution in [0.4, 0.5) is 5.95 Å². The highest BCUT2D eigenvalue weighted by Gasteiger charge is 2.24. The third-order valence-electron chi connectivity index (χ3n) is 4.44. The van der Waals surface area contributed by atoms with E-state index in [-0.39, 0.29) is 12.6 Å². The zero-order chi connectivity index (χ0) is 19.5. The Morgan fingerprint density at radius 2 is 1.96 bits per heavy atom. The number of aliphatic hydroxyl groups is 1. The minimum Gasteiger partial charge on any atom is -0.485 e. The maximum Gasteiger partial charge on any atom is 0.224 e. The predicted octanol–water partition coefficient (Wildman–Crippen LogP) is 1.57. The Labute approximate surface area is 167 Å². The van der Waals surface area contributed by atoms with E-state index < -0.39 is 6.10 Å². The van der Waals surface area contributed by atoms with E-state index in [4.69, 9.17) is 25.8 Å². The number of aromatic nitrogens is 3. The number of hydrogen-bond donors (Lipinski definition) is 2. The molecule has 0 unspecified atom stereocenters. The molecule has 1 fully saturated rings. The summed E-state index contributed by atoms with van der Waals surface area (Å²) in [6.45, 7) is 3.65. The van der Waals surface area contributed by atoms with Crippen molar-refractivity contribution in [3.63, 3.8) is 0 Å². The average molecular weight is 403 g/mol. The van der Waals surface area contributed by atoms with E-state index in [9.17, 15) is 5.11 Å². The van der Waals surface area contributed by atoms with E-state index in [0.29, 0.717) is 60.0 Å². The molecule has 0 saturated carbocycles. The number of hydrogen-bond acceptors (Lipinski definition) is 8. The Bertz CT molecular complexity index is 944. The monoisotopic (exact) mass is 402 g/mol. The van der Waals surface area contributed by atoms with Crippen LogP contribution in [0, 0.1) is 18.8 Å². The van der Waals surface area contributed by atoms with E-state index in [1.807, 2.05) is 6.92 Å². The van der Waals surface area contributed by atoms with Crippen molar-refractivity contribution in [1.29, 1.82) is 0 Å². The highest BCUT2D eigenvalue weighted by atomic mass is 35.5. The summed E-state index contributed by atoms with van der Waals surface area (Å²) in [5.74, 6) is 7.51. The highest BCUT2D eigenvalue weighted by molar-refractivity contribution is 6.31. The molecular weight excluding hydrogens is 384 g/mol. The van der Waals surface area contributed by atoms with E-state index in [2.05, 4.69) is 32.1 Å². The molecular formula is C19H19ClN4O4. The van der Waals surface area contributed by atoms with Gasteiger partial charge in [0.2, 0.25) is 5.95 Å². The minimum absolute atomic E-state index is 0.186. The number of aryl methyl sites for hydroxylation is 1. The number of fused-ring (bicyclic) bond motifs is 1. The van der Waals surface area contributed by atoms with Crippen LogP contribution in [0.5, 0.6) is 11.5 Å². The second kappa shape index (κ2) is 8.19. The molecule has 2 aliphatic heterocycles. The molecule has 8 nitrogen and oxygen atoms in total. The molecule has 0 bridgehead atoms. The van der Waals surface area contributed by atoms with Crippen LogP contribution in [0.2, 0.25) is 5.02 Å². The molecule has 2 atom stereocenters. The zero-order valence-corrected chi connectivity index (χ0v) is 16.0. The van der Waals surface area contributed by atoms with E-state index in [0.717, 1.165) is 5.69 Å². The molecule has 1 saturated heterocycles. The average Bonchev–Trinajstić information content (AvgIpc) is 2.71. The van der Waals surface area contributed by atoms with Gasteiger partial charge < -0.3 is 24.6 Å². The maximum atomic E-state index is 10.0. The van der Waals surface area contributed by atoms with Gasteiger partial charge in [-0.15, -0.1) is 0 Å². The van der Waals surface area contributed by atoms with Gasteiger partial charge in [0.05, 0.1) is 41.2 Å². The third kappa shape index (κ3) is 3.97. The number of rotatable bonds is 2. The summed E-state index contributed by atoms with van der Waals surface area (Å²) in [5, 5.41) is 13.5. The van der Waals surface area contributed by atoms with Crippen LogP contribution in [0.1, 0.15) is 23.4 Å². The molecule has 2 aliphatic rings. The topological polar surface area (TPSA) is 98.6 Å². The van der Waals surface area contributed by atoms with E-state index in [1.54, 1.807) is 6.20 Å². The van der Waals surface area contributed by atoms with Gasteiger partial charge in [-0.05, 0) is 19.3 Å². The summed E-state index contributed by atoms with van der Waals surface area (Å²) in [6.07, 6.45) is 3.16. The first-order chi connectivity index (χ1) is 13.6. The number of aliphatic hydroxyl groups excluding tert-OH is 1. The molecule has 2 aromatic rings. The van der Waals surface area contributed by atoms with Crippen molar-refractivity contribution in [2.24, 2.45) is 0 Å². The van der Waals surface area contributed by atoms with Crippen molar-refractivity contribution < 1.29 is 19.3 Å². The lowest BCUT2D eigenvalue weighted by molar-refractivity contribution is -0.0136. The van der Waals surface area contributed by atoms with Crippen molar-refractivity contribution in [3.05, 3.63) is 34.4 Å². The predicted molar refractivity (Wildman–Crippen MR) is 102 cm³/mol. The smallest absolute Gasteiger partial charge is 0.224 e. The van der Waals surface area contributed by atoms with Gasteiger partial charge in [-0.2, -0.15) is 0 Å². The first-order valence-corrected chi connectivity index (χ1v) is 9.31. The van der Waals surface area contributed by atoms with Crippen LogP contribution in [-0.4, -0.2) is 58.6 Å². The number of nitrogens with one attached hydrogen (secondary N) is 1.